The average molecular weight is 275 g/mol. The maximum Gasteiger partial charge on any atom is 0.371 e. The molecule has 0 amide bonds. The van der Waals surface area contributed by atoms with Crippen LogP contribution in [0.1, 0.15) is 35.2 Å². The van der Waals surface area contributed by atoms with Gasteiger partial charge < -0.3 is 19.4 Å². The van der Waals surface area contributed by atoms with Crippen molar-refractivity contribution < 1.29 is 14.3 Å². The molecule has 7 nitrogen and oxygen atoms in total. The Labute approximate surface area is 113 Å². The van der Waals surface area contributed by atoms with E-state index >= 15 is 0 Å². The number of furan rings is 1. The Morgan fingerprint density at radius 3 is 2.95 bits per heavy atom. The highest BCUT2D eigenvalue weighted by molar-refractivity contribution is 5.84. The van der Waals surface area contributed by atoms with Gasteiger partial charge in [0.2, 0.25) is 5.76 Å². The van der Waals surface area contributed by atoms with Crippen LogP contribution in [0.4, 0.5) is 5.82 Å². The Morgan fingerprint density at radius 2 is 2.30 bits per heavy atom. The van der Waals surface area contributed by atoms with Gasteiger partial charge in [-0.1, -0.05) is 0 Å². The largest absolute Gasteiger partial charge is 0.475 e. The fourth-order valence-electron chi connectivity index (χ4n) is 1.95. The highest BCUT2D eigenvalue weighted by Gasteiger charge is 2.25. The quantitative estimate of drug-likeness (QED) is 0.857. The Bertz CT molecular complexity index is 700. The zero-order valence-corrected chi connectivity index (χ0v) is 10.6. The highest BCUT2D eigenvalue weighted by atomic mass is 16.4. The van der Waals surface area contributed by atoms with E-state index < -0.39 is 5.97 Å². The van der Waals surface area contributed by atoms with Gasteiger partial charge in [0.05, 0.1) is 6.54 Å². The SMILES string of the molecule is O=C(O)c1ccc(CNc2nccn(C3CC3)c2=O)o1. The fourth-order valence-corrected chi connectivity index (χ4v) is 1.95. The maximum atomic E-state index is 12.1. The van der Waals surface area contributed by atoms with Gasteiger partial charge in [0, 0.05) is 18.4 Å². The molecule has 104 valence electrons. The summed E-state index contributed by atoms with van der Waals surface area (Å²) in [6.07, 6.45) is 5.29. The van der Waals surface area contributed by atoms with Crippen LogP contribution in [-0.4, -0.2) is 20.6 Å². The molecule has 2 heterocycles. The van der Waals surface area contributed by atoms with Crippen molar-refractivity contribution in [2.24, 2.45) is 0 Å². The fraction of sp³-hybridized carbons (Fsp3) is 0.308. The van der Waals surface area contributed by atoms with Gasteiger partial charge in [-0.3, -0.25) is 4.79 Å². The number of carboxylic acids is 1. The smallest absolute Gasteiger partial charge is 0.371 e. The molecule has 0 bridgehead atoms. The summed E-state index contributed by atoms with van der Waals surface area (Å²) in [7, 11) is 0. The Balaban J connectivity index is 1.73. The van der Waals surface area contributed by atoms with Crippen LogP contribution in [0.25, 0.3) is 0 Å². The van der Waals surface area contributed by atoms with Crippen LogP contribution in [-0.2, 0) is 6.54 Å². The van der Waals surface area contributed by atoms with Gasteiger partial charge in [-0.05, 0) is 25.0 Å². The Kier molecular flexibility index (Phi) is 3.02. The number of hydrogen-bond acceptors (Lipinski definition) is 5. The molecule has 0 atom stereocenters. The van der Waals surface area contributed by atoms with Crippen LogP contribution in [0, 0.1) is 0 Å². The van der Waals surface area contributed by atoms with E-state index in [1.54, 1.807) is 23.0 Å². The van der Waals surface area contributed by atoms with Gasteiger partial charge >= 0.3 is 5.97 Å². The molecule has 1 saturated carbocycles. The van der Waals surface area contributed by atoms with Gasteiger partial charge in [0.25, 0.3) is 5.56 Å². The van der Waals surface area contributed by atoms with E-state index in [0.29, 0.717) is 5.76 Å². The summed E-state index contributed by atoms with van der Waals surface area (Å²) in [6.45, 7) is 0.212. The summed E-state index contributed by atoms with van der Waals surface area (Å²) in [4.78, 5) is 26.8. The predicted octanol–water partition coefficient (Wildman–Crippen LogP) is 1.48. The summed E-state index contributed by atoms with van der Waals surface area (Å²) < 4.78 is 6.76. The zero-order chi connectivity index (χ0) is 14.1. The van der Waals surface area contributed by atoms with E-state index in [-0.39, 0.29) is 29.7 Å². The van der Waals surface area contributed by atoms with Crippen molar-refractivity contribution >= 4 is 11.8 Å². The molecule has 1 aliphatic carbocycles. The van der Waals surface area contributed by atoms with Crippen molar-refractivity contribution in [1.29, 1.82) is 0 Å². The number of carboxylic acid groups (broad SMARTS) is 1. The molecule has 2 N–H and O–H groups in total. The van der Waals surface area contributed by atoms with Crippen LogP contribution >= 0.6 is 0 Å². The molecular weight excluding hydrogens is 262 g/mol. The summed E-state index contributed by atoms with van der Waals surface area (Å²) in [5, 5.41) is 11.6. The number of hydrogen-bond donors (Lipinski definition) is 2. The number of nitrogens with zero attached hydrogens (tertiary/aromatic N) is 2. The number of aromatic carboxylic acids is 1. The first kappa shape index (κ1) is 12.5. The average Bonchev–Trinajstić information content (AvgIpc) is 3.15. The van der Waals surface area contributed by atoms with E-state index in [9.17, 15) is 9.59 Å². The molecule has 3 rings (SSSR count). The topological polar surface area (TPSA) is 97.4 Å². The molecule has 7 heteroatoms. The van der Waals surface area contributed by atoms with Crippen molar-refractivity contribution in [1.82, 2.24) is 9.55 Å². The molecule has 0 radical (unpaired) electrons. The van der Waals surface area contributed by atoms with E-state index in [1.165, 1.54) is 6.07 Å². The lowest BCUT2D eigenvalue weighted by Crippen LogP contribution is -2.23. The first-order valence-corrected chi connectivity index (χ1v) is 6.28. The van der Waals surface area contributed by atoms with Crippen molar-refractivity contribution in [3.63, 3.8) is 0 Å². The molecule has 0 unspecified atom stereocenters. The van der Waals surface area contributed by atoms with Gasteiger partial charge in [-0.2, -0.15) is 0 Å². The van der Waals surface area contributed by atoms with Gasteiger partial charge in [-0.15, -0.1) is 0 Å². The molecule has 0 saturated heterocycles. The third-order valence-electron chi connectivity index (χ3n) is 3.11. The molecule has 1 fully saturated rings. The molecule has 2 aromatic heterocycles. The first-order valence-electron chi connectivity index (χ1n) is 6.28. The van der Waals surface area contributed by atoms with Gasteiger partial charge in [-0.25, -0.2) is 9.78 Å². The Morgan fingerprint density at radius 1 is 1.50 bits per heavy atom. The van der Waals surface area contributed by atoms with Crippen LogP contribution in [0.2, 0.25) is 0 Å². The summed E-state index contributed by atoms with van der Waals surface area (Å²) in [6, 6.07) is 3.22. The number of aromatic nitrogens is 2. The maximum absolute atomic E-state index is 12.1. The lowest BCUT2D eigenvalue weighted by Gasteiger charge is -2.06. The van der Waals surface area contributed by atoms with Crippen molar-refractivity contribution in [2.45, 2.75) is 25.4 Å². The number of anilines is 1. The molecule has 0 aliphatic heterocycles. The van der Waals surface area contributed by atoms with E-state index in [0.717, 1.165) is 12.8 Å². The minimum Gasteiger partial charge on any atom is -0.475 e. The summed E-state index contributed by atoms with van der Waals surface area (Å²) in [5.74, 6) is -0.568. The lowest BCUT2D eigenvalue weighted by molar-refractivity contribution is 0.0660. The van der Waals surface area contributed by atoms with Gasteiger partial charge in [0.15, 0.2) is 5.82 Å². The van der Waals surface area contributed by atoms with Gasteiger partial charge in [0.1, 0.15) is 5.76 Å². The van der Waals surface area contributed by atoms with Crippen LogP contribution in [0.3, 0.4) is 0 Å². The molecule has 0 spiro atoms. The lowest BCUT2D eigenvalue weighted by atomic mass is 10.4. The normalized spacial score (nSPS) is 14.2. The van der Waals surface area contributed by atoms with Crippen molar-refractivity contribution in [3.8, 4) is 0 Å². The highest BCUT2D eigenvalue weighted by Crippen LogP contribution is 2.33. The Hall–Kier alpha value is -2.57. The second-order valence-electron chi connectivity index (χ2n) is 4.64. The second-order valence-corrected chi connectivity index (χ2v) is 4.64. The van der Waals surface area contributed by atoms with Crippen LogP contribution < -0.4 is 10.9 Å². The van der Waals surface area contributed by atoms with E-state index in [1.807, 2.05) is 0 Å². The van der Waals surface area contributed by atoms with Crippen molar-refractivity contribution in [3.05, 3.63) is 46.4 Å². The third kappa shape index (κ3) is 2.42. The minimum absolute atomic E-state index is 0.127. The number of carbonyl (C=O) groups is 1. The van der Waals surface area contributed by atoms with E-state index in [2.05, 4.69) is 10.3 Å². The molecule has 1 aliphatic rings. The summed E-state index contributed by atoms with van der Waals surface area (Å²) in [5.41, 5.74) is -0.167. The van der Waals surface area contributed by atoms with Crippen LogP contribution in [0.5, 0.6) is 0 Å². The first-order chi connectivity index (χ1) is 9.65. The third-order valence-corrected chi connectivity index (χ3v) is 3.11. The van der Waals surface area contributed by atoms with Crippen molar-refractivity contribution in [2.75, 3.05) is 5.32 Å². The monoisotopic (exact) mass is 275 g/mol. The standard InChI is InChI=1S/C13H13N3O4/c17-12-11(14-5-6-16(12)8-1-2-8)15-7-9-3-4-10(20-9)13(18)19/h3-6,8H,1-2,7H2,(H,14,15)(H,18,19). The molecule has 2 aromatic rings. The van der Waals surface area contributed by atoms with Crippen LogP contribution in [0.15, 0.2) is 33.7 Å². The minimum atomic E-state index is -1.12. The molecular formula is C13H13N3O4. The number of rotatable bonds is 5. The summed E-state index contributed by atoms with van der Waals surface area (Å²) >= 11 is 0. The van der Waals surface area contributed by atoms with E-state index in [4.69, 9.17) is 9.52 Å². The predicted molar refractivity (Wildman–Crippen MR) is 69.8 cm³/mol. The molecule has 0 aromatic carbocycles. The second kappa shape index (κ2) is 4.84. The zero-order valence-electron chi connectivity index (χ0n) is 10.6. The number of nitrogens with one attached hydrogen (secondary N) is 1. The molecule has 20 heavy (non-hydrogen) atoms.